The molecule has 1 rings (SSSR count). The highest BCUT2D eigenvalue weighted by molar-refractivity contribution is 5.91. The Balaban J connectivity index is 2.42. The maximum atomic E-state index is 11.3. The molecule has 0 bridgehead atoms. The first-order valence-electron chi connectivity index (χ1n) is 4.60. The van der Waals surface area contributed by atoms with Crippen LogP contribution in [0.1, 0.15) is 5.69 Å². The van der Waals surface area contributed by atoms with Gasteiger partial charge < -0.3 is 5.32 Å². The van der Waals surface area contributed by atoms with Crippen LogP contribution in [0.5, 0.6) is 0 Å². The molecule has 4 nitrogen and oxygen atoms in total. The summed E-state index contributed by atoms with van der Waals surface area (Å²) in [5, 5.41) is 5.45. The summed E-state index contributed by atoms with van der Waals surface area (Å²) in [7, 11) is 0. The Morgan fingerprint density at radius 3 is 3.07 bits per heavy atom. The molecule has 4 heteroatoms. The van der Waals surface area contributed by atoms with Crippen molar-refractivity contribution in [3.8, 4) is 12.3 Å². The van der Waals surface area contributed by atoms with Gasteiger partial charge in [-0.15, -0.1) is 6.42 Å². The number of amides is 1. The number of nitrogens with zero attached hydrogens (tertiary/aromatic N) is 1. The molecule has 1 heterocycles. The number of carbonyl (C=O) groups is 1. The van der Waals surface area contributed by atoms with E-state index in [1.807, 2.05) is 19.1 Å². The second-order valence-corrected chi connectivity index (χ2v) is 3.02. The average Bonchev–Trinajstić information content (AvgIpc) is 2.18. The second kappa shape index (κ2) is 5.78. The molecule has 2 N–H and O–H groups in total. The van der Waals surface area contributed by atoms with Gasteiger partial charge in [-0.2, -0.15) is 0 Å². The van der Waals surface area contributed by atoms with Gasteiger partial charge in [0.25, 0.3) is 0 Å². The highest BCUT2D eigenvalue weighted by atomic mass is 16.1. The van der Waals surface area contributed by atoms with Crippen molar-refractivity contribution in [1.82, 2.24) is 10.3 Å². The lowest BCUT2D eigenvalue weighted by atomic mass is 10.4. The van der Waals surface area contributed by atoms with Crippen molar-refractivity contribution in [2.24, 2.45) is 0 Å². The van der Waals surface area contributed by atoms with E-state index in [1.54, 1.807) is 6.07 Å². The summed E-state index contributed by atoms with van der Waals surface area (Å²) in [6, 6.07) is 5.45. The molecule has 0 unspecified atom stereocenters. The van der Waals surface area contributed by atoms with E-state index in [9.17, 15) is 4.79 Å². The first-order chi connectivity index (χ1) is 7.22. The molecule has 1 aromatic heterocycles. The van der Waals surface area contributed by atoms with E-state index in [0.29, 0.717) is 12.4 Å². The van der Waals surface area contributed by atoms with Crippen molar-refractivity contribution < 1.29 is 4.79 Å². The zero-order valence-electron chi connectivity index (χ0n) is 8.58. The van der Waals surface area contributed by atoms with E-state index in [2.05, 4.69) is 21.5 Å². The molecular formula is C11H13N3O. The summed E-state index contributed by atoms with van der Waals surface area (Å²) in [6.45, 7) is 2.45. The fraction of sp³-hybridized carbons (Fsp3) is 0.273. The molecule has 0 aliphatic rings. The number of aromatic nitrogens is 1. The smallest absolute Gasteiger partial charge is 0.239 e. The van der Waals surface area contributed by atoms with Crippen molar-refractivity contribution in [1.29, 1.82) is 0 Å². The molecule has 0 saturated heterocycles. The van der Waals surface area contributed by atoms with Gasteiger partial charge >= 0.3 is 0 Å². The molecule has 0 aliphatic heterocycles. The van der Waals surface area contributed by atoms with Crippen molar-refractivity contribution >= 4 is 11.7 Å². The Hall–Kier alpha value is -1.86. The van der Waals surface area contributed by atoms with Crippen LogP contribution in [-0.4, -0.2) is 24.0 Å². The minimum absolute atomic E-state index is 0.150. The number of nitrogens with one attached hydrogen (secondary N) is 2. The van der Waals surface area contributed by atoms with Gasteiger partial charge in [0.05, 0.1) is 13.1 Å². The van der Waals surface area contributed by atoms with Crippen LogP contribution in [0.3, 0.4) is 0 Å². The molecule has 0 saturated carbocycles. The maximum absolute atomic E-state index is 11.3. The Labute approximate surface area is 89.1 Å². The largest absolute Gasteiger partial charge is 0.310 e. The standard InChI is InChI=1S/C11H13N3O/c1-3-7-12-8-11(15)14-10-6-4-5-9(2)13-10/h1,4-6,12H,7-8H2,2H3,(H,13,14,15). The summed E-state index contributed by atoms with van der Waals surface area (Å²) < 4.78 is 0. The fourth-order valence-electron chi connectivity index (χ4n) is 1.05. The molecule has 78 valence electrons. The highest BCUT2D eigenvalue weighted by Gasteiger charge is 2.01. The third-order valence-electron chi connectivity index (χ3n) is 1.67. The first-order valence-corrected chi connectivity index (χ1v) is 4.60. The predicted octanol–water partition coefficient (Wildman–Crippen LogP) is 0.551. The summed E-state index contributed by atoms with van der Waals surface area (Å²) in [4.78, 5) is 15.5. The molecule has 1 aromatic rings. The number of aryl methyl sites for hydroxylation is 1. The van der Waals surface area contributed by atoms with Crippen molar-refractivity contribution in [3.63, 3.8) is 0 Å². The predicted molar refractivity (Wildman–Crippen MR) is 59.3 cm³/mol. The van der Waals surface area contributed by atoms with Crippen LogP contribution in [0.4, 0.5) is 5.82 Å². The van der Waals surface area contributed by atoms with Crippen molar-refractivity contribution in [2.45, 2.75) is 6.92 Å². The lowest BCUT2D eigenvalue weighted by Gasteiger charge is -2.04. The molecule has 0 atom stereocenters. The zero-order chi connectivity index (χ0) is 11.1. The molecule has 15 heavy (non-hydrogen) atoms. The van der Waals surface area contributed by atoms with E-state index in [4.69, 9.17) is 6.42 Å². The van der Waals surface area contributed by atoms with Crippen LogP contribution >= 0.6 is 0 Å². The van der Waals surface area contributed by atoms with Gasteiger partial charge in [0, 0.05) is 5.69 Å². The monoisotopic (exact) mass is 203 g/mol. The minimum Gasteiger partial charge on any atom is -0.310 e. The SMILES string of the molecule is C#CCNCC(=O)Nc1cccc(C)n1. The number of hydrogen-bond donors (Lipinski definition) is 2. The summed E-state index contributed by atoms with van der Waals surface area (Å²) in [5.74, 6) is 2.80. The van der Waals surface area contributed by atoms with E-state index >= 15 is 0 Å². The van der Waals surface area contributed by atoms with Gasteiger partial charge in [-0.05, 0) is 19.1 Å². The summed E-state index contributed by atoms with van der Waals surface area (Å²) in [5.41, 5.74) is 0.865. The summed E-state index contributed by atoms with van der Waals surface area (Å²) >= 11 is 0. The Kier molecular flexibility index (Phi) is 4.32. The normalized spacial score (nSPS) is 9.33. The van der Waals surface area contributed by atoms with Gasteiger partial charge in [-0.1, -0.05) is 12.0 Å². The lowest BCUT2D eigenvalue weighted by Crippen LogP contribution is -2.28. The van der Waals surface area contributed by atoms with E-state index < -0.39 is 0 Å². The van der Waals surface area contributed by atoms with E-state index in [-0.39, 0.29) is 12.5 Å². The van der Waals surface area contributed by atoms with E-state index in [0.717, 1.165) is 5.69 Å². The molecular weight excluding hydrogens is 190 g/mol. The van der Waals surface area contributed by atoms with Gasteiger partial charge in [0.15, 0.2) is 0 Å². The Morgan fingerprint density at radius 2 is 2.40 bits per heavy atom. The highest BCUT2D eigenvalue weighted by Crippen LogP contribution is 2.02. The molecule has 0 fully saturated rings. The van der Waals surface area contributed by atoms with Gasteiger partial charge in [-0.3, -0.25) is 10.1 Å². The number of hydrogen-bond acceptors (Lipinski definition) is 3. The molecule has 0 radical (unpaired) electrons. The Morgan fingerprint density at radius 1 is 1.60 bits per heavy atom. The molecule has 1 amide bonds. The quantitative estimate of drug-likeness (QED) is 0.555. The molecule has 0 spiro atoms. The minimum atomic E-state index is -0.150. The number of anilines is 1. The third-order valence-corrected chi connectivity index (χ3v) is 1.67. The molecule has 0 aliphatic carbocycles. The van der Waals surface area contributed by atoms with E-state index in [1.165, 1.54) is 0 Å². The average molecular weight is 203 g/mol. The van der Waals surface area contributed by atoms with Crippen LogP contribution in [0.15, 0.2) is 18.2 Å². The second-order valence-electron chi connectivity index (χ2n) is 3.02. The van der Waals surface area contributed by atoms with Crippen LogP contribution in [-0.2, 0) is 4.79 Å². The molecule has 0 aromatic carbocycles. The van der Waals surface area contributed by atoms with Gasteiger partial charge in [0.1, 0.15) is 5.82 Å². The number of carbonyl (C=O) groups excluding carboxylic acids is 1. The number of rotatable bonds is 4. The van der Waals surface area contributed by atoms with Crippen LogP contribution in [0, 0.1) is 19.3 Å². The number of pyridine rings is 1. The maximum Gasteiger partial charge on any atom is 0.239 e. The van der Waals surface area contributed by atoms with Crippen molar-refractivity contribution in [2.75, 3.05) is 18.4 Å². The summed E-state index contributed by atoms with van der Waals surface area (Å²) in [6.07, 6.45) is 5.03. The van der Waals surface area contributed by atoms with Crippen LogP contribution in [0.25, 0.3) is 0 Å². The fourth-order valence-corrected chi connectivity index (χ4v) is 1.05. The van der Waals surface area contributed by atoms with Crippen LogP contribution in [0.2, 0.25) is 0 Å². The van der Waals surface area contributed by atoms with Gasteiger partial charge in [-0.25, -0.2) is 4.98 Å². The Bertz CT molecular complexity index is 382. The third kappa shape index (κ3) is 4.25. The zero-order valence-corrected chi connectivity index (χ0v) is 8.58. The topological polar surface area (TPSA) is 54.0 Å². The first kappa shape index (κ1) is 11.2. The van der Waals surface area contributed by atoms with Crippen LogP contribution < -0.4 is 10.6 Å². The lowest BCUT2D eigenvalue weighted by molar-refractivity contribution is -0.115. The van der Waals surface area contributed by atoms with Crippen molar-refractivity contribution in [3.05, 3.63) is 23.9 Å². The van der Waals surface area contributed by atoms with Gasteiger partial charge in [0.2, 0.25) is 5.91 Å². The number of terminal acetylenes is 1.